The second-order valence-electron chi connectivity index (χ2n) is 6.22. The van der Waals surface area contributed by atoms with Gasteiger partial charge in [-0.3, -0.25) is 9.88 Å². The Hall–Kier alpha value is -2.41. The summed E-state index contributed by atoms with van der Waals surface area (Å²) in [5.41, 5.74) is 3.21. The van der Waals surface area contributed by atoms with E-state index in [1.54, 1.807) is 26.6 Å². The molecule has 2 aromatic rings. The number of nitrogens with zero attached hydrogens (tertiary/aromatic N) is 4. The fourth-order valence-corrected chi connectivity index (χ4v) is 3.10. The number of ether oxygens (including phenoxy) is 3. The maximum atomic E-state index is 5.87. The van der Waals surface area contributed by atoms with Crippen LogP contribution in [-0.4, -0.2) is 53.3 Å². The number of methoxy groups -OCH3 is 2. The third-order valence-corrected chi connectivity index (χ3v) is 4.46. The highest BCUT2D eigenvalue weighted by molar-refractivity contribution is 5.41. The van der Waals surface area contributed by atoms with Crippen molar-refractivity contribution in [2.24, 2.45) is 0 Å². The molecule has 1 unspecified atom stereocenters. The molecule has 134 valence electrons. The summed E-state index contributed by atoms with van der Waals surface area (Å²) in [6.07, 6.45) is 6.12. The average Bonchev–Trinajstić information content (AvgIpc) is 3.06. The highest BCUT2D eigenvalue weighted by Crippen LogP contribution is 2.26. The quantitative estimate of drug-likeness (QED) is 0.795. The van der Waals surface area contributed by atoms with Crippen LogP contribution in [-0.2, 0) is 6.54 Å². The third-order valence-electron chi connectivity index (χ3n) is 4.46. The molecular weight excluding hydrogens is 320 g/mol. The molecule has 0 aliphatic carbocycles. The molecule has 1 saturated heterocycles. The normalized spacial score (nSPS) is 17.5. The molecule has 0 spiro atoms. The summed E-state index contributed by atoms with van der Waals surface area (Å²) in [7, 11) is 3.29. The maximum Gasteiger partial charge on any atom is 0.316 e. The number of aromatic nitrogens is 3. The molecule has 0 N–H and O–H groups in total. The summed E-state index contributed by atoms with van der Waals surface area (Å²) in [6, 6.07) is 0.388. The first-order valence-corrected chi connectivity index (χ1v) is 8.34. The zero-order chi connectivity index (χ0) is 17.8. The fourth-order valence-electron chi connectivity index (χ4n) is 3.10. The van der Waals surface area contributed by atoms with Gasteiger partial charge >= 0.3 is 6.01 Å². The predicted molar refractivity (Wildman–Crippen MR) is 93.2 cm³/mol. The smallest absolute Gasteiger partial charge is 0.316 e. The lowest BCUT2D eigenvalue weighted by Crippen LogP contribution is -2.25. The van der Waals surface area contributed by atoms with Crippen molar-refractivity contribution in [1.29, 1.82) is 0 Å². The van der Waals surface area contributed by atoms with Crippen molar-refractivity contribution in [3.63, 3.8) is 0 Å². The van der Waals surface area contributed by atoms with Crippen LogP contribution in [0.15, 0.2) is 18.6 Å². The van der Waals surface area contributed by atoms with E-state index in [1.165, 1.54) is 0 Å². The topological polar surface area (TPSA) is 69.6 Å². The fraction of sp³-hybridized carbons (Fsp3) is 0.500. The van der Waals surface area contributed by atoms with Crippen molar-refractivity contribution in [2.75, 3.05) is 27.3 Å². The maximum absolute atomic E-state index is 5.87. The van der Waals surface area contributed by atoms with E-state index in [9.17, 15) is 0 Å². The third kappa shape index (κ3) is 3.99. The summed E-state index contributed by atoms with van der Waals surface area (Å²) in [4.78, 5) is 15.2. The average molecular weight is 344 g/mol. The predicted octanol–water partition coefficient (Wildman–Crippen LogP) is 2.16. The van der Waals surface area contributed by atoms with Gasteiger partial charge in [0.15, 0.2) is 5.75 Å². The van der Waals surface area contributed by atoms with Crippen LogP contribution in [0.5, 0.6) is 17.5 Å². The molecule has 0 saturated carbocycles. The van der Waals surface area contributed by atoms with Gasteiger partial charge < -0.3 is 14.2 Å². The van der Waals surface area contributed by atoms with E-state index >= 15 is 0 Å². The molecule has 7 nitrogen and oxygen atoms in total. The Kier molecular flexibility index (Phi) is 5.33. The number of rotatable bonds is 6. The lowest BCUT2D eigenvalue weighted by Gasteiger charge is -2.18. The molecule has 2 aromatic heterocycles. The van der Waals surface area contributed by atoms with Crippen LogP contribution in [0.25, 0.3) is 0 Å². The molecule has 1 aliphatic rings. The summed E-state index contributed by atoms with van der Waals surface area (Å²) in [5.74, 6) is 1.54. The van der Waals surface area contributed by atoms with Gasteiger partial charge in [-0.2, -0.15) is 9.97 Å². The number of hydrogen-bond acceptors (Lipinski definition) is 7. The van der Waals surface area contributed by atoms with E-state index < -0.39 is 0 Å². The van der Waals surface area contributed by atoms with Gasteiger partial charge in [-0.15, -0.1) is 0 Å². The van der Waals surface area contributed by atoms with E-state index in [2.05, 4.69) is 26.8 Å². The first kappa shape index (κ1) is 17.4. The molecule has 1 aliphatic heterocycles. The second-order valence-corrected chi connectivity index (χ2v) is 6.22. The summed E-state index contributed by atoms with van der Waals surface area (Å²) in [5, 5.41) is 0. The van der Waals surface area contributed by atoms with E-state index in [-0.39, 0.29) is 6.10 Å². The minimum Gasteiger partial charge on any atom is -0.496 e. The first-order chi connectivity index (χ1) is 12.1. The number of hydrogen-bond donors (Lipinski definition) is 0. The van der Waals surface area contributed by atoms with Crippen LogP contribution in [0.1, 0.15) is 23.2 Å². The number of pyridine rings is 1. The number of aryl methyl sites for hydroxylation is 1. The molecule has 1 atom stereocenters. The van der Waals surface area contributed by atoms with Gasteiger partial charge in [0.2, 0.25) is 0 Å². The Morgan fingerprint density at radius 1 is 1.08 bits per heavy atom. The molecule has 25 heavy (non-hydrogen) atoms. The monoisotopic (exact) mass is 344 g/mol. The van der Waals surface area contributed by atoms with E-state index in [0.717, 1.165) is 48.6 Å². The zero-order valence-electron chi connectivity index (χ0n) is 15.2. The first-order valence-electron chi connectivity index (χ1n) is 8.34. The van der Waals surface area contributed by atoms with Crippen LogP contribution in [0.4, 0.5) is 0 Å². The minimum absolute atomic E-state index is 0.0843. The minimum atomic E-state index is 0.0843. The Morgan fingerprint density at radius 3 is 2.52 bits per heavy atom. The van der Waals surface area contributed by atoms with Crippen molar-refractivity contribution in [3.05, 3.63) is 35.4 Å². The highest BCUT2D eigenvalue weighted by Gasteiger charge is 2.26. The zero-order valence-corrected chi connectivity index (χ0v) is 15.2. The number of likely N-dealkylation sites (tertiary alicyclic amines) is 1. The standard InChI is InChI=1S/C18H24N4O3/c1-12-7-19-16(13(2)17(12)24-4)11-22-6-5-14(10-22)25-18-20-8-15(23-3)9-21-18/h7-9,14H,5-6,10-11H2,1-4H3. The van der Waals surface area contributed by atoms with Gasteiger partial charge in [0.25, 0.3) is 0 Å². The second kappa shape index (κ2) is 7.65. The summed E-state index contributed by atoms with van der Waals surface area (Å²) >= 11 is 0. The van der Waals surface area contributed by atoms with Crippen molar-refractivity contribution in [1.82, 2.24) is 19.9 Å². The summed E-state index contributed by atoms with van der Waals surface area (Å²) in [6.45, 7) is 6.64. The Morgan fingerprint density at radius 2 is 1.84 bits per heavy atom. The van der Waals surface area contributed by atoms with Gasteiger partial charge in [0, 0.05) is 37.0 Å². The molecule has 1 fully saturated rings. The molecular formula is C18H24N4O3. The molecule has 0 amide bonds. The van der Waals surface area contributed by atoms with Crippen molar-refractivity contribution in [3.8, 4) is 17.5 Å². The van der Waals surface area contributed by atoms with E-state index in [1.807, 2.05) is 13.1 Å². The molecule has 0 radical (unpaired) electrons. The van der Waals surface area contributed by atoms with Gasteiger partial charge in [0.05, 0.1) is 32.3 Å². The molecule has 7 heteroatoms. The lowest BCUT2D eigenvalue weighted by molar-refractivity contribution is 0.182. The van der Waals surface area contributed by atoms with E-state index in [0.29, 0.717) is 11.8 Å². The molecule has 3 rings (SSSR count). The van der Waals surface area contributed by atoms with Crippen LogP contribution < -0.4 is 14.2 Å². The Labute approximate surface area is 148 Å². The Bertz CT molecular complexity index is 721. The van der Waals surface area contributed by atoms with Crippen LogP contribution >= 0.6 is 0 Å². The SMILES string of the molecule is COc1cnc(OC2CCN(Cc3ncc(C)c(OC)c3C)C2)nc1. The molecule has 0 bridgehead atoms. The van der Waals surface area contributed by atoms with Crippen molar-refractivity contribution in [2.45, 2.75) is 32.9 Å². The van der Waals surface area contributed by atoms with Crippen molar-refractivity contribution >= 4 is 0 Å². The van der Waals surface area contributed by atoms with Gasteiger partial charge in [0.1, 0.15) is 11.9 Å². The van der Waals surface area contributed by atoms with Crippen LogP contribution in [0.3, 0.4) is 0 Å². The molecule has 0 aromatic carbocycles. The van der Waals surface area contributed by atoms with Crippen LogP contribution in [0, 0.1) is 13.8 Å². The summed E-state index contributed by atoms with van der Waals surface area (Å²) < 4.78 is 16.4. The van der Waals surface area contributed by atoms with Crippen molar-refractivity contribution < 1.29 is 14.2 Å². The van der Waals surface area contributed by atoms with Crippen LogP contribution in [0.2, 0.25) is 0 Å². The van der Waals surface area contributed by atoms with Gasteiger partial charge in [-0.1, -0.05) is 0 Å². The van der Waals surface area contributed by atoms with Gasteiger partial charge in [-0.25, -0.2) is 0 Å². The van der Waals surface area contributed by atoms with Gasteiger partial charge in [-0.05, 0) is 20.3 Å². The largest absolute Gasteiger partial charge is 0.496 e. The highest BCUT2D eigenvalue weighted by atomic mass is 16.5. The van der Waals surface area contributed by atoms with E-state index in [4.69, 9.17) is 14.2 Å². The lowest BCUT2D eigenvalue weighted by atomic mass is 10.1. The molecule has 3 heterocycles. The Balaban J connectivity index is 1.59.